The molecule has 1 heterocycles. The van der Waals surface area contributed by atoms with Crippen LogP contribution in [0, 0.1) is 0 Å². The van der Waals surface area contributed by atoms with Crippen molar-refractivity contribution < 1.29 is 34.3 Å². The van der Waals surface area contributed by atoms with E-state index >= 15 is 0 Å². The highest BCUT2D eigenvalue weighted by Gasteiger charge is 2.21. The Hall–Kier alpha value is -3.39. The van der Waals surface area contributed by atoms with Crippen molar-refractivity contribution in [3.8, 4) is 40.1 Å². The molecule has 0 spiro atoms. The van der Waals surface area contributed by atoms with Crippen molar-refractivity contribution in [3.05, 3.63) is 40.6 Å². The molecule has 0 radical (unpaired) electrons. The predicted molar refractivity (Wildman–Crippen MR) is 96.4 cm³/mol. The Bertz CT molecular complexity index is 1050. The van der Waals surface area contributed by atoms with Crippen LogP contribution in [0.2, 0.25) is 0 Å². The third-order valence-electron chi connectivity index (χ3n) is 3.74. The molecule has 27 heavy (non-hydrogen) atoms. The second-order valence-electron chi connectivity index (χ2n) is 5.76. The number of phenolic OH excluding ortho intramolecular Hbond substituents is 3. The van der Waals surface area contributed by atoms with Crippen molar-refractivity contribution in [3.63, 3.8) is 0 Å². The molecule has 0 aliphatic heterocycles. The van der Waals surface area contributed by atoms with Gasteiger partial charge in [0.15, 0.2) is 23.5 Å². The Morgan fingerprint density at radius 2 is 1.81 bits per heavy atom. The van der Waals surface area contributed by atoms with E-state index in [0.29, 0.717) is 0 Å². The molecule has 1 unspecified atom stereocenters. The molecular formula is C19H18O8. The molecular weight excluding hydrogens is 356 g/mol. The van der Waals surface area contributed by atoms with Crippen molar-refractivity contribution in [1.82, 2.24) is 0 Å². The number of hydrogen-bond acceptors (Lipinski definition) is 8. The van der Waals surface area contributed by atoms with Gasteiger partial charge in [-0.3, -0.25) is 4.79 Å². The van der Waals surface area contributed by atoms with Crippen molar-refractivity contribution >= 4 is 11.0 Å². The summed E-state index contributed by atoms with van der Waals surface area (Å²) in [5.41, 5.74) is -0.322. The molecule has 8 heteroatoms. The molecule has 0 aliphatic rings. The Labute approximate surface area is 153 Å². The summed E-state index contributed by atoms with van der Waals surface area (Å²) in [6, 6.07) is 6.45. The third kappa shape index (κ3) is 3.47. The second-order valence-corrected chi connectivity index (χ2v) is 5.76. The van der Waals surface area contributed by atoms with Gasteiger partial charge in [-0.05, 0) is 32.0 Å². The number of aliphatic hydroxyl groups excluding tert-OH is 1. The number of aromatic hydroxyl groups is 3. The number of fused-ring (bicyclic) bond motifs is 1. The van der Waals surface area contributed by atoms with Gasteiger partial charge in [0.2, 0.25) is 11.2 Å². The lowest BCUT2D eigenvalue weighted by Crippen LogP contribution is -2.12. The molecule has 0 saturated heterocycles. The highest BCUT2D eigenvalue weighted by atomic mass is 16.6. The summed E-state index contributed by atoms with van der Waals surface area (Å²) >= 11 is 0. The average Bonchev–Trinajstić information content (AvgIpc) is 2.58. The maximum atomic E-state index is 12.9. The van der Waals surface area contributed by atoms with Crippen LogP contribution in [0.1, 0.15) is 13.8 Å². The lowest BCUT2D eigenvalue weighted by Gasteiger charge is -2.13. The van der Waals surface area contributed by atoms with Crippen LogP contribution >= 0.6 is 0 Å². The lowest BCUT2D eigenvalue weighted by atomic mass is 10.1. The van der Waals surface area contributed by atoms with Gasteiger partial charge >= 0.3 is 0 Å². The van der Waals surface area contributed by atoms with Crippen molar-refractivity contribution in [1.29, 1.82) is 0 Å². The van der Waals surface area contributed by atoms with Gasteiger partial charge in [0.05, 0.1) is 6.61 Å². The highest BCUT2D eigenvalue weighted by molar-refractivity contribution is 5.88. The molecule has 0 bridgehead atoms. The number of aliphatic hydroxyl groups is 1. The van der Waals surface area contributed by atoms with Gasteiger partial charge in [0.1, 0.15) is 22.5 Å². The van der Waals surface area contributed by atoms with Gasteiger partial charge < -0.3 is 34.3 Å². The fraction of sp³-hybridized carbons (Fsp3) is 0.211. The fourth-order valence-corrected chi connectivity index (χ4v) is 2.65. The van der Waals surface area contributed by atoms with Gasteiger partial charge in [0, 0.05) is 17.7 Å². The third-order valence-corrected chi connectivity index (χ3v) is 3.74. The largest absolute Gasteiger partial charge is 0.507 e. The molecule has 0 aliphatic carbocycles. The molecule has 3 rings (SSSR count). The number of hydrogen-bond donors (Lipinski definition) is 4. The zero-order chi connectivity index (χ0) is 19.7. The van der Waals surface area contributed by atoms with E-state index in [4.69, 9.17) is 13.9 Å². The zero-order valence-electron chi connectivity index (χ0n) is 14.6. The zero-order valence-corrected chi connectivity index (χ0v) is 14.6. The van der Waals surface area contributed by atoms with E-state index in [9.17, 15) is 25.2 Å². The van der Waals surface area contributed by atoms with E-state index in [-0.39, 0.29) is 46.1 Å². The summed E-state index contributed by atoms with van der Waals surface area (Å²) < 4.78 is 16.3. The molecule has 2 aromatic carbocycles. The first-order chi connectivity index (χ1) is 12.8. The fourth-order valence-electron chi connectivity index (χ4n) is 2.65. The van der Waals surface area contributed by atoms with Crippen molar-refractivity contribution in [2.45, 2.75) is 20.1 Å². The minimum Gasteiger partial charge on any atom is -0.507 e. The van der Waals surface area contributed by atoms with Crippen LogP contribution in [0.25, 0.3) is 22.3 Å². The van der Waals surface area contributed by atoms with Gasteiger partial charge in [-0.1, -0.05) is 0 Å². The molecule has 8 nitrogen and oxygen atoms in total. The van der Waals surface area contributed by atoms with Crippen molar-refractivity contribution in [2.24, 2.45) is 0 Å². The maximum absolute atomic E-state index is 12.9. The van der Waals surface area contributed by atoms with Gasteiger partial charge in [-0.15, -0.1) is 0 Å². The minimum atomic E-state index is -1.13. The number of phenols is 3. The quantitative estimate of drug-likeness (QED) is 0.396. The topological polar surface area (TPSA) is 130 Å². The number of ether oxygens (including phenoxy) is 2. The SMILES string of the molecule is CCOc1c(-c2ccc(O)c(O)c2)oc2cc(OC(C)O)cc(O)c2c1=O. The Balaban J connectivity index is 2.32. The van der Waals surface area contributed by atoms with Crippen LogP contribution < -0.4 is 14.9 Å². The van der Waals surface area contributed by atoms with Gasteiger partial charge in [-0.25, -0.2) is 0 Å². The molecule has 142 valence electrons. The van der Waals surface area contributed by atoms with Crippen LogP contribution in [-0.2, 0) is 0 Å². The Morgan fingerprint density at radius 1 is 1.07 bits per heavy atom. The highest BCUT2D eigenvalue weighted by Crippen LogP contribution is 2.38. The van der Waals surface area contributed by atoms with Gasteiger partial charge in [-0.2, -0.15) is 0 Å². The molecule has 3 aromatic rings. The molecule has 0 saturated carbocycles. The number of rotatable bonds is 5. The normalized spacial score (nSPS) is 12.1. The summed E-state index contributed by atoms with van der Waals surface area (Å²) in [6.07, 6.45) is -1.13. The molecule has 0 fully saturated rings. The van der Waals surface area contributed by atoms with E-state index in [2.05, 4.69) is 0 Å². The first kappa shape index (κ1) is 18.4. The van der Waals surface area contributed by atoms with E-state index in [1.807, 2.05) is 0 Å². The van der Waals surface area contributed by atoms with Crippen LogP contribution in [0.4, 0.5) is 0 Å². The average molecular weight is 374 g/mol. The first-order valence-corrected chi connectivity index (χ1v) is 8.15. The Kier molecular flexibility index (Phi) is 4.83. The van der Waals surface area contributed by atoms with E-state index < -0.39 is 23.2 Å². The maximum Gasteiger partial charge on any atom is 0.239 e. The second kappa shape index (κ2) is 7.08. The minimum absolute atomic E-state index is 0.00154. The summed E-state index contributed by atoms with van der Waals surface area (Å²) in [5.74, 6) is -1.15. The van der Waals surface area contributed by atoms with E-state index in [0.717, 1.165) is 0 Å². The van der Waals surface area contributed by atoms with Gasteiger partial charge in [0.25, 0.3) is 0 Å². The van der Waals surface area contributed by atoms with Crippen LogP contribution in [-0.4, -0.2) is 33.3 Å². The molecule has 1 aromatic heterocycles. The first-order valence-electron chi connectivity index (χ1n) is 8.15. The van der Waals surface area contributed by atoms with Crippen LogP contribution in [0.3, 0.4) is 0 Å². The summed E-state index contributed by atoms with van der Waals surface area (Å²) in [5, 5.41) is 38.7. The molecule has 0 amide bonds. The summed E-state index contributed by atoms with van der Waals surface area (Å²) in [7, 11) is 0. The monoisotopic (exact) mass is 374 g/mol. The molecule has 1 atom stereocenters. The van der Waals surface area contributed by atoms with Crippen molar-refractivity contribution in [2.75, 3.05) is 6.61 Å². The standard InChI is InChI=1S/C19H18O8/c1-3-25-19-17(24)16-14(23)7-11(26-9(2)20)8-15(16)27-18(19)10-4-5-12(21)13(22)6-10/h4-9,20-23H,3H2,1-2H3. The predicted octanol–water partition coefficient (Wildman–Crippen LogP) is 2.69. The summed E-state index contributed by atoms with van der Waals surface area (Å²) in [4.78, 5) is 12.9. The lowest BCUT2D eigenvalue weighted by molar-refractivity contribution is -0.000330. The van der Waals surface area contributed by atoms with E-state index in [1.165, 1.54) is 37.3 Å². The molecule has 4 N–H and O–H groups in total. The van der Waals surface area contributed by atoms with Crippen LogP contribution in [0.15, 0.2) is 39.5 Å². The number of benzene rings is 2. The smallest absolute Gasteiger partial charge is 0.239 e. The van der Waals surface area contributed by atoms with E-state index in [1.54, 1.807) is 6.92 Å². The van der Waals surface area contributed by atoms with Crippen LogP contribution in [0.5, 0.6) is 28.7 Å². The Morgan fingerprint density at radius 3 is 2.44 bits per heavy atom. The summed E-state index contributed by atoms with van der Waals surface area (Å²) in [6.45, 7) is 3.23.